The largest absolute Gasteiger partial charge is 0.310 e. The Balaban J connectivity index is 2.21. The SMILES string of the molecule is CCNC(Cc1cncc(Br)c1)c1cccc(C)c1. The fourth-order valence-corrected chi connectivity index (χ4v) is 2.66. The van der Waals surface area contributed by atoms with Crippen LogP contribution < -0.4 is 5.32 Å². The van der Waals surface area contributed by atoms with E-state index in [1.165, 1.54) is 16.7 Å². The van der Waals surface area contributed by atoms with Gasteiger partial charge in [0.2, 0.25) is 0 Å². The Morgan fingerprint density at radius 3 is 2.79 bits per heavy atom. The fraction of sp³-hybridized carbons (Fsp3) is 0.312. The third-order valence-corrected chi connectivity index (χ3v) is 3.53. The van der Waals surface area contributed by atoms with Gasteiger partial charge in [0.1, 0.15) is 0 Å². The molecule has 0 aliphatic rings. The van der Waals surface area contributed by atoms with E-state index in [2.05, 4.69) is 70.4 Å². The van der Waals surface area contributed by atoms with Crippen molar-refractivity contribution in [1.29, 1.82) is 0 Å². The van der Waals surface area contributed by atoms with Gasteiger partial charge in [0.25, 0.3) is 0 Å². The van der Waals surface area contributed by atoms with E-state index in [0.29, 0.717) is 6.04 Å². The number of hydrogen-bond donors (Lipinski definition) is 1. The lowest BCUT2D eigenvalue weighted by molar-refractivity contribution is 0.549. The van der Waals surface area contributed by atoms with Gasteiger partial charge in [0.15, 0.2) is 0 Å². The fourth-order valence-electron chi connectivity index (χ4n) is 2.24. The maximum absolute atomic E-state index is 4.23. The van der Waals surface area contributed by atoms with Crippen LogP contribution in [0.25, 0.3) is 0 Å². The summed E-state index contributed by atoms with van der Waals surface area (Å²) in [6.07, 6.45) is 4.70. The third kappa shape index (κ3) is 4.15. The van der Waals surface area contributed by atoms with Crippen molar-refractivity contribution < 1.29 is 0 Å². The minimum absolute atomic E-state index is 0.334. The first-order valence-corrected chi connectivity index (χ1v) is 7.37. The normalized spacial score (nSPS) is 12.4. The molecule has 2 aromatic rings. The molecule has 100 valence electrons. The lowest BCUT2D eigenvalue weighted by atomic mass is 9.98. The summed E-state index contributed by atoms with van der Waals surface area (Å²) in [4.78, 5) is 4.23. The van der Waals surface area contributed by atoms with Crippen LogP contribution >= 0.6 is 15.9 Å². The van der Waals surface area contributed by atoms with E-state index in [-0.39, 0.29) is 0 Å². The summed E-state index contributed by atoms with van der Waals surface area (Å²) in [5, 5.41) is 3.55. The Hall–Kier alpha value is -1.19. The van der Waals surface area contributed by atoms with Crippen LogP contribution in [0.2, 0.25) is 0 Å². The zero-order valence-corrected chi connectivity index (χ0v) is 12.9. The highest BCUT2D eigenvalue weighted by molar-refractivity contribution is 9.10. The minimum atomic E-state index is 0.334. The van der Waals surface area contributed by atoms with E-state index in [9.17, 15) is 0 Å². The number of nitrogens with one attached hydrogen (secondary N) is 1. The number of halogens is 1. The maximum atomic E-state index is 4.23. The van der Waals surface area contributed by atoms with Gasteiger partial charge in [-0.25, -0.2) is 0 Å². The molecule has 1 unspecified atom stereocenters. The van der Waals surface area contributed by atoms with Crippen LogP contribution in [0.5, 0.6) is 0 Å². The van der Waals surface area contributed by atoms with E-state index in [0.717, 1.165) is 17.4 Å². The molecule has 1 atom stereocenters. The number of rotatable bonds is 5. The van der Waals surface area contributed by atoms with E-state index in [4.69, 9.17) is 0 Å². The first kappa shape index (κ1) is 14.2. The van der Waals surface area contributed by atoms with Crippen LogP contribution in [0, 0.1) is 6.92 Å². The lowest BCUT2D eigenvalue weighted by Gasteiger charge is -2.19. The Bertz CT molecular complexity index is 540. The van der Waals surface area contributed by atoms with Gasteiger partial charge in [-0.05, 0) is 53.0 Å². The summed E-state index contributed by atoms with van der Waals surface area (Å²) in [5.74, 6) is 0. The summed E-state index contributed by atoms with van der Waals surface area (Å²) in [7, 11) is 0. The molecule has 1 aromatic heterocycles. The molecule has 0 radical (unpaired) electrons. The highest BCUT2D eigenvalue weighted by Crippen LogP contribution is 2.20. The van der Waals surface area contributed by atoms with Crippen molar-refractivity contribution in [3.8, 4) is 0 Å². The van der Waals surface area contributed by atoms with Gasteiger partial charge in [-0.2, -0.15) is 0 Å². The van der Waals surface area contributed by atoms with Gasteiger partial charge < -0.3 is 5.32 Å². The van der Waals surface area contributed by atoms with Crippen molar-refractivity contribution >= 4 is 15.9 Å². The zero-order chi connectivity index (χ0) is 13.7. The van der Waals surface area contributed by atoms with Gasteiger partial charge in [0, 0.05) is 22.9 Å². The monoisotopic (exact) mass is 318 g/mol. The summed E-state index contributed by atoms with van der Waals surface area (Å²) < 4.78 is 1.03. The second-order valence-electron chi connectivity index (χ2n) is 4.74. The molecule has 2 rings (SSSR count). The van der Waals surface area contributed by atoms with E-state index in [1.807, 2.05) is 12.4 Å². The first-order valence-electron chi connectivity index (χ1n) is 6.58. The molecule has 19 heavy (non-hydrogen) atoms. The van der Waals surface area contributed by atoms with Crippen molar-refractivity contribution in [3.63, 3.8) is 0 Å². The van der Waals surface area contributed by atoms with Crippen LogP contribution in [0.3, 0.4) is 0 Å². The quantitative estimate of drug-likeness (QED) is 0.899. The molecule has 0 spiro atoms. The molecule has 2 nitrogen and oxygen atoms in total. The van der Waals surface area contributed by atoms with Crippen LogP contribution in [-0.4, -0.2) is 11.5 Å². The molecule has 1 N–H and O–H groups in total. The average molecular weight is 319 g/mol. The van der Waals surface area contributed by atoms with Gasteiger partial charge in [-0.3, -0.25) is 4.98 Å². The average Bonchev–Trinajstić information content (AvgIpc) is 2.38. The highest BCUT2D eigenvalue weighted by atomic mass is 79.9. The van der Waals surface area contributed by atoms with Crippen LogP contribution in [0.15, 0.2) is 47.2 Å². The summed E-state index contributed by atoms with van der Waals surface area (Å²) >= 11 is 3.48. The van der Waals surface area contributed by atoms with Crippen LogP contribution in [-0.2, 0) is 6.42 Å². The van der Waals surface area contributed by atoms with Gasteiger partial charge in [-0.1, -0.05) is 36.8 Å². The number of aryl methyl sites for hydroxylation is 1. The molecule has 0 bridgehead atoms. The minimum Gasteiger partial charge on any atom is -0.310 e. The van der Waals surface area contributed by atoms with Gasteiger partial charge in [0.05, 0.1) is 0 Å². The number of benzene rings is 1. The molecule has 0 fully saturated rings. The topological polar surface area (TPSA) is 24.9 Å². The molecule has 1 aromatic carbocycles. The highest BCUT2D eigenvalue weighted by Gasteiger charge is 2.11. The number of likely N-dealkylation sites (N-methyl/N-ethyl adjacent to an activating group) is 1. The number of hydrogen-bond acceptors (Lipinski definition) is 2. The van der Waals surface area contributed by atoms with E-state index in [1.54, 1.807) is 0 Å². The predicted octanol–water partition coefficient (Wildman–Crippen LogP) is 4.05. The summed E-state index contributed by atoms with van der Waals surface area (Å²) in [6, 6.07) is 11.2. The summed E-state index contributed by atoms with van der Waals surface area (Å²) in [5.41, 5.74) is 3.87. The van der Waals surface area contributed by atoms with Crippen molar-refractivity contribution in [1.82, 2.24) is 10.3 Å². The third-order valence-electron chi connectivity index (χ3n) is 3.10. The standard InChI is InChI=1S/C16H19BrN2/c1-3-19-16(14-6-4-5-12(2)7-14)9-13-8-15(17)11-18-10-13/h4-8,10-11,16,19H,3,9H2,1-2H3. The molecule has 1 heterocycles. The molecular weight excluding hydrogens is 300 g/mol. The molecule has 0 saturated heterocycles. The Kier molecular flexibility index (Phi) is 5.11. The van der Waals surface area contributed by atoms with Gasteiger partial charge >= 0.3 is 0 Å². The first-order chi connectivity index (χ1) is 9.19. The van der Waals surface area contributed by atoms with Crippen molar-refractivity contribution in [2.75, 3.05) is 6.54 Å². The Morgan fingerprint density at radius 2 is 2.11 bits per heavy atom. The molecule has 0 aliphatic carbocycles. The molecular formula is C16H19BrN2. The van der Waals surface area contributed by atoms with Crippen LogP contribution in [0.1, 0.15) is 29.7 Å². The Morgan fingerprint density at radius 1 is 1.26 bits per heavy atom. The van der Waals surface area contributed by atoms with E-state index < -0.39 is 0 Å². The number of pyridine rings is 1. The molecule has 0 amide bonds. The second kappa shape index (κ2) is 6.83. The lowest BCUT2D eigenvalue weighted by Crippen LogP contribution is -2.23. The van der Waals surface area contributed by atoms with Crippen molar-refractivity contribution in [2.45, 2.75) is 26.3 Å². The van der Waals surface area contributed by atoms with Crippen LogP contribution in [0.4, 0.5) is 0 Å². The van der Waals surface area contributed by atoms with Gasteiger partial charge in [-0.15, -0.1) is 0 Å². The van der Waals surface area contributed by atoms with E-state index >= 15 is 0 Å². The number of aromatic nitrogens is 1. The molecule has 0 aliphatic heterocycles. The molecule has 3 heteroatoms. The predicted molar refractivity (Wildman–Crippen MR) is 83.2 cm³/mol. The second-order valence-corrected chi connectivity index (χ2v) is 5.66. The van der Waals surface area contributed by atoms with Crippen molar-refractivity contribution in [3.05, 3.63) is 63.9 Å². The van der Waals surface area contributed by atoms with Crippen molar-refractivity contribution in [2.24, 2.45) is 0 Å². The maximum Gasteiger partial charge on any atom is 0.0410 e. The number of nitrogens with zero attached hydrogens (tertiary/aromatic N) is 1. The Labute approximate surface area is 123 Å². The smallest absolute Gasteiger partial charge is 0.0410 e. The zero-order valence-electron chi connectivity index (χ0n) is 11.4. The summed E-state index contributed by atoms with van der Waals surface area (Å²) in [6.45, 7) is 5.23. The molecule has 0 saturated carbocycles.